The van der Waals surface area contributed by atoms with Gasteiger partial charge in [0.15, 0.2) is 0 Å². The Morgan fingerprint density at radius 1 is 1.64 bits per heavy atom. The van der Waals surface area contributed by atoms with Crippen molar-refractivity contribution in [3.05, 3.63) is 0 Å². The predicted molar refractivity (Wildman–Crippen MR) is 47.7 cm³/mol. The third-order valence-corrected chi connectivity index (χ3v) is 1.59. The van der Waals surface area contributed by atoms with Gasteiger partial charge in [0.25, 0.3) is 0 Å². The summed E-state index contributed by atoms with van der Waals surface area (Å²) in [4.78, 5) is 11.0. The molecular formula is C7H14BrNO2. The second kappa shape index (κ2) is 4.72. The molecule has 0 bridgehead atoms. The van der Waals surface area contributed by atoms with Crippen molar-refractivity contribution in [1.82, 2.24) is 5.32 Å². The molecule has 0 radical (unpaired) electrons. The molecule has 2 N–H and O–H groups in total. The van der Waals surface area contributed by atoms with Gasteiger partial charge in [0.2, 0.25) is 5.91 Å². The van der Waals surface area contributed by atoms with E-state index in [-0.39, 0.29) is 12.5 Å². The van der Waals surface area contributed by atoms with Crippen LogP contribution in [0.25, 0.3) is 0 Å². The van der Waals surface area contributed by atoms with E-state index in [0.717, 1.165) is 0 Å². The SMILES string of the molecule is CC(C)(CO)NC(=O)CCBr. The van der Waals surface area contributed by atoms with Crippen molar-refractivity contribution in [1.29, 1.82) is 0 Å². The van der Waals surface area contributed by atoms with Gasteiger partial charge in [-0.3, -0.25) is 4.79 Å². The fourth-order valence-corrected chi connectivity index (χ4v) is 0.925. The van der Waals surface area contributed by atoms with Crippen LogP contribution in [0.1, 0.15) is 20.3 Å². The molecule has 0 saturated carbocycles. The lowest BCUT2D eigenvalue weighted by molar-refractivity contribution is -0.122. The third-order valence-electron chi connectivity index (χ3n) is 1.19. The van der Waals surface area contributed by atoms with Crippen molar-refractivity contribution in [2.24, 2.45) is 0 Å². The Morgan fingerprint density at radius 2 is 2.18 bits per heavy atom. The smallest absolute Gasteiger partial charge is 0.221 e. The summed E-state index contributed by atoms with van der Waals surface area (Å²) in [6.45, 7) is 3.51. The molecule has 0 aliphatic heterocycles. The first-order valence-corrected chi connectivity index (χ1v) is 4.62. The highest BCUT2D eigenvalue weighted by molar-refractivity contribution is 9.09. The Morgan fingerprint density at radius 3 is 2.55 bits per heavy atom. The minimum atomic E-state index is -0.501. The molecule has 0 aliphatic carbocycles. The number of amides is 1. The highest BCUT2D eigenvalue weighted by Gasteiger charge is 2.17. The molecule has 1 amide bonds. The van der Waals surface area contributed by atoms with Crippen molar-refractivity contribution >= 4 is 21.8 Å². The van der Waals surface area contributed by atoms with E-state index in [1.165, 1.54) is 0 Å². The number of halogens is 1. The normalized spacial score (nSPS) is 11.3. The summed E-state index contributed by atoms with van der Waals surface area (Å²) in [6, 6.07) is 0. The first-order valence-electron chi connectivity index (χ1n) is 3.49. The van der Waals surface area contributed by atoms with Crippen LogP contribution in [0.2, 0.25) is 0 Å². The lowest BCUT2D eigenvalue weighted by Gasteiger charge is -2.23. The zero-order valence-corrected chi connectivity index (χ0v) is 8.44. The van der Waals surface area contributed by atoms with Gasteiger partial charge in [-0.1, -0.05) is 15.9 Å². The van der Waals surface area contributed by atoms with Gasteiger partial charge < -0.3 is 10.4 Å². The fourth-order valence-electron chi connectivity index (χ4n) is 0.565. The summed E-state index contributed by atoms with van der Waals surface area (Å²) in [5.41, 5.74) is -0.501. The zero-order valence-electron chi connectivity index (χ0n) is 6.85. The summed E-state index contributed by atoms with van der Waals surface area (Å²) in [5.74, 6) is -0.0408. The monoisotopic (exact) mass is 223 g/mol. The predicted octanol–water partition coefficient (Wildman–Crippen LogP) is 0.659. The zero-order chi connectivity index (χ0) is 8.91. The van der Waals surface area contributed by atoms with Crippen LogP contribution in [-0.2, 0) is 4.79 Å². The quantitative estimate of drug-likeness (QED) is 0.689. The van der Waals surface area contributed by atoms with E-state index in [4.69, 9.17) is 5.11 Å². The molecule has 0 unspecified atom stereocenters. The standard InChI is InChI=1S/C7H14BrNO2/c1-7(2,5-10)9-6(11)3-4-8/h10H,3-5H2,1-2H3,(H,9,11). The Labute approximate surface area is 75.3 Å². The highest BCUT2D eigenvalue weighted by atomic mass is 79.9. The number of nitrogens with one attached hydrogen (secondary N) is 1. The molecule has 0 rings (SSSR count). The van der Waals surface area contributed by atoms with E-state index < -0.39 is 5.54 Å². The third kappa shape index (κ3) is 5.21. The van der Waals surface area contributed by atoms with Crippen molar-refractivity contribution in [2.45, 2.75) is 25.8 Å². The van der Waals surface area contributed by atoms with Gasteiger partial charge in [-0.25, -0.2) is 0 Å². The molecule has 3 nitrogen and oxygen atoms in total. The molecule has 0 aliphatic rings. The first kappa shape index (κ1) is 10.9. The maximum Gasteiger partial charge on any atom is 0.221 e. The van der Waals surface area contributed by atoms with E-state index in [9.17, 15) is 4.79 Å². The minimum absolute atomic E-state index is 0.0406. The topological polar surface area (TPSA) is 49.3 Å². The molecule has 0 aromatic rings. The largest absolute Gasteiger partial charge is 0.394 e. The Bertz CT molecular complexity index is 136. The first-order chi connectivity index (χ1) is 5.02. The van der Waals surface area contributed by atoms with Gasteiger partial charge in [0, 0.05) is 11.8 Å². The van der Waals surface area contributed by atoms with Gasteiger partial charge >= 0.3 is 0 Å². The average molecular weight is 224 g/mol. The maximum absolute atomic E-state index is 11.0. The maximum atomic E-state index is 11.0. The molecule has 66 valence electrons. The highest BCUT2D eigenvalue weighted by Crippen LogP contribution is 2.00. The number of carbonyl (C=O) groups excluding carboxylic acids is 1. The molecule has 0 atom stereocenters. The van der Waals surface area contributed by atoms with Crippen molar-refractivity contribution in [3.8, 4) is 0 Å². The fraction of sp³-hybridized carbons (Fsp3) is 0.857. The Hall–Kier alpha value is -0.0900. The van der Waals surface area contributed by atoms with Gasteiger partial charge in [-0.15, -0.1) is 0 Å². The number of hydrogen-bond acceptors (Lipinski definition) is 2. The number of aliphatic hydroxyl groups excluding tert-OH is 1. The summed E-state index contributed by atoms with van der Waals surface area (Å²) in [6.07, 6.45) is 0.448. The Balaban J connectivity index is 3.74. The van der Waals surface area contributed by atoms with Crippen LogP contribution in [0.3, 0.4) is 0 Å². The van der Waals surface area contributed by atoms with Crippen LogP contribution in [-0.4, -0.2) is 28.5 Å². The summed E-state index contributed by atoms with van der Waals surface area (Å²) < 4.78 is 0. The minimum Gasteiger partial charge on any atom is -0.394 e. The molecular weight excluding hydrogens is 210 g/mol. The van der Waals surface area contributed by atoms with E-state index in [1.807, 2.05) is 0 Å². The van der Waals surface area contributed by atoms with E-state index >= 15 is 0 Å². The van der Waals surface area contributed by atoms with Crippen LogP contribution < -0.4 is 5.32 Å². The number of aliphatic hydroxyl groups is 1. The average Bonchev–Trinajstić information content (AvgIpc) is 1.87. The van der Waals surface area contributed by atoms with Gasteiger partial charge in [-0.05, 0) is 13.8 Å². The number of carbonyl (C=O) groups is 1. The van der Waals surface area contributed by atoms with Gasteiger partial charge in [0.05, 0.1) is 12.1 Å². The molecule has 0 spiro atoms. The molecule has 4 heteroatoms. The van der Waals surface area contributed by atoms with Crippen molar-refractivity contribution in [3.63, 3.8) is 0 Å². The van der Waals surface area contributed by atoms with E-state index in [2.05, 4.69) is 21.2 Å². The van der Waals surface area contributed by atoms with Crippen LogP contribution in [0.15, 0.2) is 0 Å². The summed E-state index contributed by atoms with van der Waals surface area (Å²) in [5, 5.41) is 12.1. The Kier molecular flexibility index (Phi) is 4.68. The van der Waals surface area contributed by atoms with Crippen LogP contribution in [0.5, 0.6) is 0 Å². The van der Waals surface area contributed by atoms with Gasteiger partial charge in [-0.2, -0.15) is 0 Å². The van der Waals surface area contributed by atoms with Crippen LogP contribution in [0, 0.1) is 0 Å². The molecule has 0 saturated heterocycles. The molecule has 0 fully saturated rings. The summed E-state index contributed by atoms with van der Waals surface area (Å²) >= 11 is 3.16. The lowest BCUT2D eigenvalue weighted by Crippen LogP contribution is -2.46. The van der Waals surface area contributed by atoms with Crippen LogP contribution in [0.4, 0.5) is 0 Å². The molecule has 0 aromatic carbocycles. The molecule has 0 heterocycles. The summed E-state index contributed by atoms with van der Waals surface area (Å²) in [7, 11) is 0. The van der Waals surface area contributed by atoms with E-state index in [0.29, 0.717) is 11.8 Å². The van der Waals surface area contributed by atoms with Crippen molar-refractivity contribution in [2.75, 3.05) is 11.9 Å². The number of rotatable bonds is 4. The lowest BCUT2D eigenvalue weighted by atomic mass is 10.1. The number of hydrogen-bond donors (Lipinski definition) is 2. The second-order valence-corrected chi connectivity index (χ2v) is 3.82. The van der Waals surface area contributed by atoms with Crippen molar-refractivity contribution < 1.29 is 9.90 Å². The molecule has 11 heavy (non-hydrogen) atoms. The second-order valence-electron chi connectivity index (χ2n) is 3.03. The van der Waals surface area contributed by atoms with Crippen LogP contribution >= 0.6 is 15.9 Å². The number of alkyl halides is 1. The van der Waals surface area contributed by atoms with E-state index in [1.54, 1.807) is 13.8 Å². The van der Waals surface area contributed by atoms with Gasteiger partial charge in [0.1, 0.15) is 0 Å². The molecule has 0 aromatic heterocycles.